The van der Waals surface area contributed by atoms with Crippen LogP contribution >= 0.6 is 0 Å². The molecule has 1 fully saturated rings. The summed E-state index contributed by atoms with van der Waals surface area (Å²) in [6, 6.07) is 7.57. The first-order chi connectivity index (χ1) is 10.0. The molecule has 21 heavy (non-hydrogen) atoms. The molecule has 1 aromatic carbocycles. The Kier molecular flexibility index (Phi) is 4.96. The zero-order valence-electron chi connectivity index (χ0n) is 12.9. The maximum atomic E-state index is 12.6. The molecule has 0 aromatic heterocycles. The second-order valence-corrected chi connectivity index (χ2v) is 5.69. The van der Waals surface area contributed by atoms with Crippen LogP contribution in [0.25, 0.3) is 0 Å². The van der Waals surface area contributed by atoms with Crippen molar-refractivity contribution < 1.29 is 9.59 Å². The SMILES string of the molecule is CNC(=O)[C@@H]1CN(C)CCN(C(=O)c2ccc(C)cc2)C1. The highest BCUT2D eigenvalue weighted by Crippen LogP contribution is 2.13. The van der Waals surface area contributed by atoms with Gasteiger partial charge in [0.2, 0.25) is 5.91 Å². The molecule has 5 heteroatoms. The van der Waals surface area contributed by atoms with E-state index >= 15 is 0 Å². The molecule has 1 aromatic rings. The summed E-state index contributed by atoms with van der Waals surface area (Å²) in [7, 11) is 3.62. The van der Waals surface area contributed by atoms with Gasteiger partial charge in [0.1, 0.15) is 0 Å². The van der Waals surface area contributed by atoms with E-state index in [1.165, 1.54) is 0 Å². The number of likely N-dealkylation sites (N-methyl/N-ethyl adjacent to an activating group) is 1. The van der Waals surface area contributed by atoms with Crippen molar-refractivity contribution in [3.8, 4) is 0 Å². The smallest absolute Gasteiger partial charge is 0.253 e. The number of nitrogens with one attached hydrogen (secondary N) is 1. The molecule has 0 saturated carbocycles. The molecule has 2 rings (SSSR count). The molecular weight excluding hydrogens is 266 g/mol. The van der Waals surface area contributed by atoms with Crippen LogP contribution in [-0.4, -0.2) is 61.9 Å². The molecule has 0 spiro atoms. The summed E-state index contributed by atoms with van der Waals surface area (Å²) in [5, 5.41) is 2.69. The standard InChI is InChI=1S/C16H23N3O2/c1-12-4-6-13(7-5-12)16(21)19-9-8-18(3)10-14(11-19)15(20)17-2/h4-7,14H,8-11H2,1-3H3,(H,17,20)/t14-/m1/s1. The van der Waals surface area contributed by atoms with Gasteiger partial charge >= 0.3 is 0 Å². The van der Waals surface area contributed by atoms with Gasteiger partial charge in [0.05, 0.1) is 5.92 Å². The Morgan fingerprint density at radius 1 is 1.14 bits per heavy atom. The van der Waals surface area contributed by atoms with Gasteiger partial charge in [0, 0.05) is 38.8 Å². The second-order valence-electron chi connectivity index (χ2n) is 5.69. The molecule has 5 nitrogen and oxygen atoms in total. The van der Waals surface area contributed by atoms with Gasteiger partial charge < -0.3 is 15.1 Å². The number of nitrogens with zero attached hydrogens (tertiary/aromatic N) is 2. The highest BCUT2D eigenvalue weighted by Gasteiger charge is 2.28. The van der Waals surface area contributed by atoms with E-state index in [2.05, 4.69) is 10.2 Å². The zero-order valence-corrected chi connectivity index (χ0v) is 12.9. The van der Waals surface area contributed by atoms with Gasteiger partial charge in [-0.05, 0) is 26.1 Å². The summed E-state index contributed by atoms with van der Waals surface area (Å²) in [5.41, 5.74) is 1.81. The van der Waals surface area contributed by atoms with Gasteiger partial charge in [0.15, 0.2) is 0 Å². The quantitative estimate of drug-likeness (QED) is 0.874. The van der Waals surface area contributed by atoms with Crippen LogP contribution in [0.2, 0.25) is 0 Å². The van der Waals surface area contributed by atoms with Crippen LogP contribution in [0, 0.1) is 12.8 Å². The number of carbonyl (C=O) groups is 2. The Bertz CT molecular complexity index is 513. The predicted molar refractivity (Wildman–Crippen MR) is 82.1 cm³/mol. The molecule has 114 valence electrons. The lowest BCUT2D eigenvalue weighted by Crippen LogP contribution is -2.41. The first kappa shape index (κ1) is 15.5. The molecule has 0 radical (unpaired) electrons. The van der Waals surface area contributed by atoms with E-state index in [0.717, 1.165) is 12.1 Å². The first-order valence-corrected chi connectivity index (χ1v) is 7.27. The summed E-state index contributed by atoms with van der Waals surface area (Å²) in [4.78, 5) is 28.4. The summed E-state index contributed by atoms with van der Waals surface area (Å²) in [6.07, 6.45) is 0. The topological polar surface area (TPSA) is 52.7 Å². The highest BCUT2D eigenvalue weighted by molar-refractivity contribution is 5.94. The van der Waals surface area contributed by atoms with Crippen molar-refractivity contribution in [2.24, 2.45) is 5.92 Å². The molecule has 1 atom stereocenters. The number of hydrogen-bond donors (Lipinski definition) is 1. The van der Waals surface area contributed by atoms with E-state index in [1.54, 1.807) is 11.9 Å². The fourth-order valence-electron chi connectivity index (χ4n) is 2.61. The van der Waals surface area contributed by atoms with E-state index in [0.29, 0.717) is 25.2 Å². The fourth-order valence-corrected chi connectivity index (χ4v) is 2.61. The van der Waals surface area contributed by atoms with E-state index in [1.807, 2.05) is 38.2 Å². The molecule has 2 amide bonds. The minimum Gasteiger partial charge on any atom is -0.359 e. The molecule has 1 aliphatic rings. The van der Waals surface area contributed by atoms with Crippen LogP contribution in [0.4, 0.5) is 0 Å². The molecule has 1 N–H and O–H groups in total. The lowest BCUT2D eigenvalue weighted by atomic mass is 10.1. The Hall–Kier alpha value is -1.88. The predicted octanol–water partition coefficient (Wildman–Crippen LogP) is 0.745. The molecular formula is C16H23N3O2. The van der Waals surface area contributed by atoms with Gasteiger partial charge in [-0.1, -0.05) is 17.7 Å². The van der Waals surface area contributed by atoms with E-state index in [9.17, 15) is 9.59 Å². The number of amides is 2. The third-order valence-corrected chi connectivity index (χ3v) is 3.93. The Labute approximate surface area is 125 Å². The van der Waals surface area contributed by atoms with Crippen LogP contribution in [0.5, 0.6) is 0 Å². The average molecular weight is 289 g/mol. The van der Waals surface area contributed by atoms with Gasteiger partial charge in [-0.25, -0.2) is 0 Å². The number of hydrogen-bond acceptors (Lipinski definition) is 3. The lowest BCUT2D eigenvalue weighted by molar-refractivity contribution is -0.125. The van der Waals surface area contributed by atoms with Crippen molar-refractivity contribution in [2.45, 2.75) is 6.92 Å². The van der Waals surface area contributed by atoms with Crippen molar-refractivity contribution >= 4 is 11.8 Å². The Morgan fingerprint density at radius 2 is 1.81 bits per heavy atom. The summed E-state index contributed by atoms with van der Waals surface area (Å²) in [5.74, 6) is -0.193. The number of aryl methyl sites for hydroxylation is 1. The van der Waals surface area contributed by atoms with Crippen LogP contribution in [0.1, 0.15) is 15.9 Å². The van der Waals surface area contributed by atoms with E-state index in [-0.39, 0.29) is 17.7 Å². The number of rotatable bonds is 2. The van der Waals surface area contributed by atoms with Crippen LogP contribution in [-0.2, 0) is 4.79 Å². The summed E-state index contributed by atoms with van der Waals surface area (Å²) >= 11 is 0. The van der Waals surface area contributed by atoms with Crippen molar-refractivity contribution in [2.75, 3.05) is 40.3 Å². The fraction of sp³-hybridized carbons (Fsp3) is 0.500. The normalized spacial score (nSPS) is 20.0. The molecule has 1 aliphatic heterocycles. The maximum Gasteiger partial charge on any atom is 0.253 e. The molecule has 0 aliphatic carbocycles. The monoisotopic (exact) mass is 289 g/mol. The number of carbonyl (C=O) groups excluding carboxylic acids is 2. The minimum absolute atomic E-state index is 0.000738. The lowest BCUT2D eigenvalue weighted by Gasteiger charge is -2.23. The summed E-state index contributed by atoms with van der Waals surface area (Å²) < 4.78 is 0. The van der Waals surface area contributed by atoms with Crippen LogP contribution in [0.15, 0.2) is 24.3 Å². The number of benzene rings is 1. The minimum atomic E-state index is -0.183. The zero-order chi connectivity index (χ0) is 15.4. The average Bonchev–Trinajstić information content (AvgIpc) is 2.68. The third-order valence-electron chi connectivity index (χ3n) is 3.93. The van der Waals surface area contributed by atoms with E-state index < -0.39 is 0 Å². The van der Waals surface area contributed by atoms with Crippen molar-refractivity contribution in [3.63, 3.8) is 0 Å². The molecule has 1 saturated heterocycles. The van der Waals surface area contributed by atoms with Gasteiger partial charge in [-0.3, -0.25) is 9.59 Å². The summed E-state index contributed by atoms with van der Waals surface area (Å²) in [6.45, 7) is 4.58. The first-order valence-electron chi connectivity index (χ1n) is 7.27. The van der Waals surface area contributed by atoms with Crippen LogP contribution < -0.4 is 5.32 Å². The molecule has 1 heterocycles. The Balaban J connectivity index is 2.15. The van der Waals surface area contributed by atoms with Crippen LogP contribution in [0.3, 0.4) is 0 Å². The largest absolute Gasteiger partial charge is 0.359 e. The molecule has 0 bridgehead atoms. The second kappa shape index (κ2) is 6.72. The van der Waals surface area contributed by atoms with E-state index in [4.69, 9.17) is 0 Å². The van der Waals surface area contributed by atoms with Gasteiger partial charge in [0.25, 0.3) is 5.91 Å². The highest BCUT2D eigenvalue weighted by atomic mass is 16.2. The van der Waals surface area contributed by atoms with Crippen molar-refractivity contribution in [3.05, 3.63) is 35.4 Å². The third kappa shape index (κ3) is 3.82. The van der Waals surface area contributed by atoms with Gasteiger partial charge in [-0.2, -0.15) is 0 Å². The van der Waals surface area contributed by atoms with Gasteiger partial charge in [-0.15, -0.1) is 0 Å². The van der Waals surface area contributed by atoms with Crippen molar-refractivity contribution in [1.82, 2.24) is 15.1 Å². The molecule has 0 unspecified atom stereocenters. The van der Waals surface area contributed by atoms with Crippen molar-refractivity contribution in [1.29, 1.82) is 0 Å². The maximum absolute atomic E-state index is 12.6. The Morgan fingerprint density at radius 3 is 2.43 bits per heavy atom.